The van der Waals surface area contributed by atoms with Gasteiger partial charge in [-0.1, -0.05) is 12.1 Å². The summed E-state index contributed by atoms with van der Waals surface area (Å²) in [7, 11) is 3.12. The molecule has 2 atom stereocenters. The Morgan fingerprint density at radius 3 is 2.22 bits per heavy atom. The maximum Gasteiger partial charge on any atom is 0.260 e. The molecule has 0 N–H and O–H groups in total. The Labute approximate surface area is 203 Å². The Morgan fingerprint density at radius 2 is 1.66 bits per heavy atom. The average molecular weight is 532 g/mol. The summed E-state index contributed by atoms with van der Waals surface area (Å²) in [6.45, 7) is 6.14. The first kappa shape index (κ1) is 26.2. The van der Waals surface area contributed by atoms with Crippen LogP contribution in [0.5, 0.6) is 17.2 Å². The van der Waals surface area contributed by atoms with Gasteiger partial charge in [0.1, 0.15) is 27.5 Å². The maximum absolute atomic E-state index is 13.2. The molecule has 1 heterocycles. The molecule has 0 aromatic heterocycles. The Hall–Kier alpha value is -2.03. The Kier molecular flexibility index (Phi) is 9.61. The second-order valence-corrected chi connectivity index (χ2v) is 8.52. The summed E-state index contributed by atoms with van der Waals surface area (Å²) < 4.78 is 30.2. The van der Waals surface area contributed by atoms with Crippen molar-refractivity contribution >= 4 is 34.2 Å². The second-order valence-electron chi connectivity index (χ2n) is 7.73. The second kappa shape index (κ2) is 11.7. The van der Waals surface area contributed by atoms with Gasteiger partial charge in [-0.3, -0.25) is 9.69 Å². The lowest BCUT2D eigenvalue weighted by molar-refractivity contribution is -0.139. The van der Waals surface area contributed by atoms with Crippen molar-refractivity contribution in [3.63, 3.8) is 0 Å². The zero-order valence-electron chi connectivity index (χ0n) is 18.6. The van der Waals surface area contributed by atoms with Crippen molar-refractivity contribution in [2.45, 2.75) is 32.5 Å². The monoisotopic (exact) mass is 530 g/mol. The van der Waals surface area contributed by atoms with Crippen LogP contribution in [0, 0.1) is 5.82 Å². The topological polar surface area (TPSA) is 51.2 Å². The van der Waals surface area contributed by atoms with Crippen LogP contribution in [0.25, 0.3) is 0 Å². The standard InChI is InChI=1S/C23H28BrFN2O4.ClH/c1-15-12-27(16(2)11-26(15)13-17-5-7-18(25)8-6-17)22(28)14-31-19-9-20(29-3)23(24)21(10-19)30-4;/h5-10,15-16H,11-14H2,1-4H3;1H/t15-,16+;/m1./s1. The van der Waals surface area contributed by atoms with Gasteiger partial charge in [-0.15, -0.1) is 12.4 Å². The van der Waals surface area contributed by atoms with E-state index in [1.807, 2.05) is 11.8 Å². The minimum Gasteiger partial charge on any atom is -0.495 e. The lowest BCUT2D eigenvalue weighted by atomic mass is 10.1. The molecule has 176 valence electrons. The third-order valence-electron chi connectivity index (χ3n) is 5.52. The number of rotatable bonds is 7. The van der Waals surface area contributed by atoms with Crippen molar-refractivity contribution in [3.05, 3.63) is 52.3 Å². The number of nitrogens with zero attached hydrogens (tertiary/aromatic N) is 2. The molecule has 1 aliphatic rings. The molecular formula is C23H29BrClFN2O4. The summed E-state index contributed by atoms with van der Waals surface area (Å²) >= 11 is 3.42. The number of carbonyl (C=O) groups excluding carboxylic acids is 1. The van der Waals surface area contributed by atoms with Gasteiger partial charge in [0, 0.05) is 43.9 Å². The van der Waals surface area contributed by atoms with Crippen molar-refractivity contribution in [2.75, 3.05) is 33.9 Å². The number of amides is 1. The van der Waals surface area contributed by atoms with Gasteiger partial charge in [-0.2, -0.15) is 0 Å². The van der Waals surface area contributed by atoms with Crippen LogP contribution in [0.15, 0.2) is 40.9 Å². The zero-order valence-corrected chi connectivity index (χ0v) is 21.0. The highest BCUT2D eigenvalue weighted by molar-refractivity contribution is 9.10. The first-order chi connectivity index (χ1) is 14.8. The highest BCUT2D eigenvalue weighted by Crippen LogP contribution is 2.38. The molecule has 9 heteroatoms. The molecule has 0 spiro atoms. The summed E-state index contributed by atoms with van der Waals surface area (Å²) in [4.78, 5) is 17.0. The van der Waals surface area contributed by atoms with Gasteiger partial charge in [0.05, 0.1) is 14.2 Å². The molecule has 0 unspecified atom stereocenters. The van der Waals surface area contributed by atoms with E-state index >= 15 is 0 Å². The molecule has 1 fully saturated rings. The van der Waals surface area contributed by atoms with E-state index in [-0.39, 0.29) is 42.8 Å². The van der Waals surface area contributed by atoms with Gasteiger partial charge in [0.15, 0.2) is 6.61 Å². The molecule has 32 heavy (non-hydrogen) atoms. The van der Waals surface area contributed by atoms with Crippen molar-refractivity contribution in [3.8, 4) is 17.2 Å². The number of carbonyl (C=O) groups is 1. The lowest BCUT2D eigenvalue weighted by Gasteiger charge is -2.44. The van der Waals surface area contributed by atoms with E-state index in [0.29, 0.717) is 28.3 Å². The predicted octanol–water partition coefficient (Wildman–Crippen LogP) is 4.53. The zero-order chi connectivity index (χ0) is 22.5. The highest BCUT2D eigenvalue weighted by atomic mass is 79.9. The summed E-state index contributed by atoms with van der Waals surface area (Å²) in [5.41, 5.74) is 1.06. The van der Waals surface area contributed by atoms with Crippen molar-refractivity contribution in [1.29, 1.82) is 0 Å². The van der Waals surface area contributed by atoms with Crippen LogP contribution in [0.4, 0.5) is 4.39 Å². The average Bonchev–Trinajstić information content (AvgIpc) is 2.76. The molecular weight excluding hydrogens is 503 g/mol. The number of benzene rings is 2. The molecule has 3 rings (SSSR count). The summed E-state index contributed by atoms with van der Waals surface area (Å²) in [6, 6.07) is 10.2. The molecule has 0 aliphatic carbocycles. The number of piperazine rings is 1. The van der Waals surface area contributed by atoms with E-state index in [1.165, 1.54) is 12.1 Å². The third-order valence-corrected chi connectivity index (χ3v) is 6.30. The highest BCUT2D eigenvalue weighted by Gasteiger charge is 2.32. The number of hydrogen-bond acceptors (Lipinski definition) is 5. The number of methoxy groups -OCH3 is 2. The molecule has 0 bridgehead atoms. The molecule has 1 aliphatic heterocycles. The van der Waals surface area contributed by atoms with E-state index in [1.54, 1.807) is 38.5 Å². The van der Waals surface area contributed by atoms with Crippen LogP contribution in [-0.4, -0.2) is 61.7 Å². The predicted molar refractivity (Wildman–Crippen MR) is 127 cm³/mol. The molecule has 1 saturated heterocycles. The van der Waals surface area contributed by atoms with Gasteiger partial charge in [0.25, 0.3) is 5.91 Å². The van der Waals surface area contributed by atoms with Crippen LogP contribution < -0.4 is 14.2 Å². The van der Waals surface area contributed by atoms with E-state index < -0.39 is 0 Å². The number of hydrogen-bond donors (Lipinski definition) is 0. The SMILES string of the molecule is COc1cc(OCC(=O)N2C[C@@H](C)N(Cc3ccc(F)cc3)C[C@@H]2C)cc(OC)c1Br.Cl. The Bertz CT molecular complexity index is 890. The molecule has 2 aromatic rings. The number of halogens is 3. The van der Waals surface area contributed by atoms with Gasteiger partial charge in [-0.05, 0) is 47.5 Å². The fourth-order valence-electron chi connectivity index (χ4n) is 3.75. The van der Waals surface area contributed by atoms with Crippen LogP contribution in [0.3, 0.4) is 0 Å². The van der Waals surface area contributed by atoms with Crippen LogP contribution >= 0.6 is 28.3 Å². The normalized spacial score (nSPS) is 18.6. The van der Waals surface area contributed by atoms with Crippen LogP contribution in [0.2, 0.25) is 0 Å². The van der Waals surface area contributed by atoms with Gasteiger partial charge < -0.3 is 19.1 Å². The smallest absolute Gasteiger partial charge is 0.260 e. The van der Waals surface area contributed by atoms with E-state index in [4.69, 9.17) is 14.2 Å². The first-order valence-corrected chi connectivity index (χ1v) is 10.9. The summed E-state index contributed by atoms with van der Waals surface area (Å²) in [5, 5.41) is 0. The molecule has 1 amide bonds. The Balaban J connectivity index is 0.00000363. The molecule has 0 radical (unpaired) electrons. The minimum absolute atomic E-state index is 0. The lowest BCUT2D eigenvalue weighted by Crippen LogP contribution is -2.58. The quantitative estimate of drug-likeness (QED) is 0.526. The van der Waals surface area contributed by atoms with E-state index in [2.05, 4.69) is 27.8 Å². The van der Waals surface area contributed by atoms with Gasteiger partial charge >= 0.3 is 0 Å². The first-order valence-electron chi connectivity index (χ1n) is 10.1. The van der Waals surface area contributed by atoms with Crippen molar-refractivity contribution < 1.29 is 23.4 Å². The van der Waals surface area contributed by atoms with Crippen molar-refractivity contribution in [1.82, 2.24) is 9.80 Å². The van der Waals surface area contributed by atoms with Crippen molar-refractivity contribution in [2.24, 2.45) is 0 Å². The fraction of sp³-hybridized carbons (Fsp3) is 0.435. The summed E-state index contributed by atoms with van der Waals surface area (Å²) in [5.74, 6) is 1.33. The fourth-order valence-corrected chi connectivity index (χ4v) is 4.30. The molecule has 2 aromatic carbocycles. The van der Waals surface area contributed by atoms with E-state index in [0.717, 1.165) is 18.7 Å². The third kappa shape index (κ3) is 6.27. The van der Waals surface area contributed by atoms with Gasteiger partial charge in [0.2, 0.25) is 0 Å². The molecule has 6 nitrogen and oxygen atoms in total. The largest absolute Gasteiger partial charge is 0.495 e. The van der Waals surface area contributed by atoms with Crippen LogP contribution in [-0.2, 0) is 11.3 Å². The maximum atomic E-state index is 13.2. The molecule has 0 saturated carbocycles. The Morgan fingerprint density at radius 1 is 1.06 bits per heavy atom. The summed E-state index contributed by atoms with van der Waals surface area (Å²) in [6.07, 6.45) is 0. The van der Waals surface area contributed by atoms with E-state index in [9.17, 15) is 9.18 Å². The van der Waals surface area contributed by atoms with Crippen LogP contribution in [0.1, 0.15) is 19.4 Å². The minimum atomic E-state index is -0.235. The number of ether oxygens (including phenoxy) is 3. The van der Waals surface area contributed by atoms with Gasteiger partial charge in [-0.25, -0.2) is 4.39 Å².